The molecule has 1 atom stereocenters. The molecule has 0 radical (unpaired) electrons. The van der Waals surface area contributed by atoms with Crippen molar-refractivity contribution in [3.8, 4) is 0 Å². The van der Waals surface area contributed by atoms with E-state index in [1.165, 1.54) is 0 Å². The van der Waals surface area contributed by atoms with E-state index >= 15 is 0 Å². The lowest BCUT2D eigenvalue weighted by molar-refractivity contribution is -0.137. The minimum atomic E-state index is -0.778. The molecule has 0 bridgehead atoms. The summed E-state index contributed by atoms with van der Waals surface area (Å²) >= 11 is 0. The van der Waals surface area contributed by atoms with E-state index < -0.39 is 17.6 Å². The zero-order valence-electron chi connectivity index (χ0n) is 12.4. The van der Waals surface area contributed by atoms with Crippen molar-refractivity contribution in [2.24, 2.45) is 0 Å². The Morgan fingerprint density at radius 2 is 1.95 bits per heavy atom. The number of hydrogen-bond donors (Lipinski definition) is 3. The zero-order chi connectivity index (χ0) is 14.8. The van der Waals surface area contributed by atoms with Crippen molar-refractivity contribution in [1.82, 2.24) is 20.9 Å². The van der Waals surface area contributed by atoms with Gasteiger partial charge in [-0.25, -0.2) is 9.69 Å². The highest BCUT2D eigenvalue weighted by molar-refractivity contribution is 6.09. The van der Waals surface area contributed by atoms with Gasteiger partial charge < -0.3 is 16.0 Å². The summed E-state index contributed by atoms with van der Waals surface area (Å²) in [7, 11) is 1.79. The number of amides is 4. The van der Waals surface area contributed by atoms with Crippen molar-refractivity contribution >= 4 is 30.3 Å². The van der Waals surface area contributed by atoms with E-state index in [4.69, 9.17) is 0 Å². The Morgan fingerprint density at radius 3 is 2.52 bits per heavy atom. The maximum absolute atomic E-state index is 12.5. The molecule has 21 heavy (non-hydrogen) atoms. The fourth-order valence-electron chi connectivity index (χ4n) is 2.89. The Labute approximate surface area is 130 Å². The molecular formula is C13H23ClN4O3. The molecule has 4 amide bonds. The summed E-state index contributed by atoms with van der Waals surface area (Å²) in [5, 5.41) is 8.40. The van der Waals surface area contributed by atoms with E-state index in [2.05, 4.69) is 16.0 Å². The van der Waals surface area contributed by atoms with Gasteiger partial charge in [-0.2, -0.15) is 0 Å². The van der Waals surface area contributed by atoms with Crippen molar-refractivity contribution < 1.29 is 14.4 Å². The van der Waals surface area contributed by atoms with E-state index in [0.717, 1.165) is 17.7 Å². The molecule has 120 valence electrons. The van der Waals surface area contributed by atoms with Crippen molar-refractivity contribution in [2.45, 2.75) is 44.2 Å². The summed E-state index contributed by atoms with van der Waals surface area (Å²) in [6.07, 6.45) is 3.20. The number of likely N-dealkylation sites (N-methyl/N-ethyl adjacent to an activating group) is 1. The Morgan fingerprint density at radius 1 is 1.33 bits per heavy atom. The van der Waals surface area contributed by atoms with Crippen molar-refractivity contribution in [1.29, 1.82) is 0 Å². The van der Waals surface area contributed by atoms with Crippen LogP contribution in [0, 0.1) is 0 Å². The first-order valence-corrected chi connectivity index (χ1v) is 7.10. The fraction of sp³-hybridized carbons (Fsp3) is 0.769. The van der Waals surface area contributed by atoms with Gasteiger partial charge in [0.15, 0.2) is 0 Å². The van der Waals surface area contributed by atoms with Crippen LogP contribution in [0.3, 0.4) is 0 Å². The largest absolute Gasteiger partial charge is 0.353 e. The topological polar surface area (TPSA) is 90.5 Å². The second kappa shape index (κ2) is 7.09. The number of nitrogens with one attached hydrogen (secondary N) is 3. The molecule has 2 fully saturated rings. The van der Waals surface area contributed by atoms with Crippen LogP contribution >= 0.6 is 12.4 Å². The number of carbonyl (C=O) groups is 3. The highest BCUT2D eigenvalue weighted by Crippen LogP contribution is 2.35. The average molecular weight is 319 g/mol. The van der Waals surface area contributed by atoms with Crippen LogP contribution in [0.15, 0.2) is 0 Å². The van der Waals surface area contributed by atoms with E-state index in [-0.39, 0.29) is 24.2 Å². The van der Waals surface area contributed by atoms with Gasteiger partial charge in [-0.3, -0.25) is 9.59 Å². The molecule has 1 spiro atoms. The molecule has 8 heteroatoms. The Bertz CT molecular complexity index is 424. The van der Waals surface area contributed by atoms with Crippen LogP contribution in [0.2, 0.25) is 0 Å². The molecule has 1 aliphatic heterocycles. The van der Waals surface area contributed by atoms with Gasteiger partial charge >= 0.3 is 6.03 Å². The summed E-state index contributed by atoms with van der Waals surface area (Å²) in [6, 6.07) is -1.23. The molecule has 1 aliphatic carbocycles. The van der Waals surface area contributed by atoms with Gasteiger partial charge in [0, 0.05) is 13.1 Å². The van der Waals surface area contributed by atoms with Crippen molar-refractivity contribution in [3.05, 3.63) is 0 Å². The zero-order valence-corrected chi connectivity index (χ0v) is 13.2. The lowest BCUT2D eigenvalue weighted by Gasteiger charge is -2.23. The van der Waals surface area contributed by atoms with Crippen LogP contribution in [-0.4, -0.2) is 54.5 Å². The Balaban J connectivity index is 0.00000220. The lowest BCUT2D eigenvalue weighted by Crippen LogP contribution is -2.50. The summed E-state index contributed by atoms with van der Waals surface area (Å²) in [5.74, 6) is -0.560. The third kappa shape index (κ3) is 3.29. The monoisotopic (exact) mass is 318 g/mol. The summed E-state index contributed by atoms with van der Waals surface area (Å²) in [5.41, 5.74) is -0.753. The lowest BCUT2D eigenvalue weighted by atomic mass is 9.97. The Kier molecular flexibility index (Phi) is 5.98. The molecular weight excluding hydrogens is 296 g/mol. The molecule has 1 saturated carbocycles. The summed E-state index contributed by atoms with van der Waals surface area (Å²) < 4.78 is 0. The smallest absolute Gasteiger partial charge is 0.325 e. The molecule has 1 heterocycles. The molecule has 1 saturated heterocycles. The molecule has 0 aromatic carbocycles. The molecule has 2 aliphatic rings. The van der Waals surface area contributed by atoms with Crippen molar-refractivity contribution in [2.75, 3.05) is 20.1 Å². The van der Waals surface area contributed by atoms with E-state index in [9.17, 15) is 14.4 Å². The number of imide groups is 1. The van der Waals surface area contributed by atoms with Gasteiger partial charge in [0.25, 0.3) is 5.91 Å². The van der Waals surface area contributed by atoms with Crippen molar-refractivity contribution in [3.63, 3.8) is 0 Å². The van der Waals surface area contributed by atoms with Crippen LogP contribution in [0.25, 0.3) is 0 Å². The van der Waals surface area contributed by atoms with Gasteiger partial charge in [0.2, 0.25) is 5.91 Å². The summed E-state index contributed by atoms with van der Waals surface area (Å²) in [6.45, 7) is 2.69. The quantitative estimate of drug-likeness (QED) is 0.491. The fourth-order valence-corrected chi connectivity index (χ4v) is 2.89. The average Bonchev–Trinajstić information content (AvgIpc) is 2.96. The SMILES string of the molecule is CNCCNC(=O)C(C)N1C(=O)NC2(CCCC2)C1=O.Cl. The predicted octanol–water partition coefficient (Wildman–Crippen LogP) is -0.00310. The van der Waals surface area contributed by atoms with Crippen LogP contribution < -0.4 is 16.0 Å². The molecule has 0 aromatic heterocycles. The number of urea groups is 1. The van der Waals surface area contributed by atoms with Gasteiger partial charge in [0.05, 0.1) is 0 Å². The van der Waals surface area contributed by atoms with Gasteiger partial charge in [0.1, 0.15) is 11.6 Å². The maximum atomic E-state index is 12.5. The van der Waals surface area contributed by atoms with E-state index in [0.29, 0.717) is 25.9 Å². The van der Waals surface area contributed by atoms with E-state index in [1.54, 1.807) is 14.0 Å². The second-order valence-corrected chi connectivity index (χ2v) is 5.47. The highest BCUT2D eigenvalue weighted by atomic mass is 35.5. The highest BCUT2D eigenvalue weighted by Gasteiger charge is 2.54. The second-order valence-electron chi connectivity index (χ2n) is 5.47. The first-order valence-electron chi connectivity index (χ1n) is 7.10. The number of carbonyl (C=O) groups excluding carboxylic acids is 3. The maximum Gasteiger partial charge on any atom is 0.325 e. The standard InChI is InChI=1S/C13H22N4O3.ClH/c1-9(10(18)15-8-7-14-2)17-11(19)13(16-12(17)20)5-3-4-6-13;/h9,14H,3-8H2,1-2H3,(H,15,18)(H,16,20);1H. The molecule has 0 aromatic rings. The van der Waals surface area contributed by atoms with Gasteiger partial charge in [-0.05, 0) is 26.8 Å². The van der Waals surface area contributed by atoms with Gasteiger partial charge in [-0.15, -0.1) is 12.4 Å². The number of nitrogens with zero attached hydrogens (tertiary/aromatic N) is 1. The number of halogens is 1. The minimum absolute atomic E-state index is 0. The molecule has 7 nitrogen and oxygen atoms in total. The predicted molar refractivity (Wildman–Crippen MR) is 80.2 cm³/mol. The van der Waals surface area contributed by atoms with Gasteiger partial charge in [-0.1, -0.05) is 12.8 Å². The molecule has 3 N–H and O–H groups in total. The Hall–Kier alpha value is -1.34. The number of hydrogen-bond acceptors (Lipinski definition) is 4. The first-order chi connectivity index (χ1) is 9.52. The van der Waals surface area contributed by atoms with E-state index in [1.807, 2.05) is 0 Å². The van der Waals surface area contributed by atoms with Crippen LogP contribution in [0.5, 0.6) is 0 Å². The normalized spacial score (nSPS) is 21.1. The minimum Gasteiger partial charge on any atom is -0.353 e. The molecule has 2 rings (SSSR count). The third-order valence-electron chi connectivity index (χ3n) is 4.09. The van der Waals surface area contributed by atoms with Crippen LogP contribution in [0.1, 0.15) is 32.6 Å². The summed E-state index contributed by atoms with van der Waals surface area (Å²) in [4.78, 5) is 37.5. The number of rotatable bonds is 5. The van der Waals surface area contributed by atoms with Crippen LogP contribution in [0.4, 0.5) is 4.79 Å². The third-order valence-corrected chi connectivity index (χ3v) is 4.09. The molecule has 1 unspecified atom stereocenters. The van der Waals surface area contributed by atoms with Crippen LogP contribution in [-0.2, 0) is 9.59 Å². The first kappa shape index (κ1) is 17.7.